The van der Waals surface area contributed by atoms with Crippen LogP contribution in [0.3, 0.4) is 0 Å². The van der Waals surface area contributed by atoms with Crippen molar-refractivity contribution in [3.05, 3.63) is 18.0 Å². The van der Waals surface area contributed by atoms with Crippen LogP contribution in [0.4, 0.5) is 11.8 Å². The van der Waals surface area contributed by atoms with Crippen LogP contribution in [0.15, 0.2) is 17.3 Å². The first kappa shape index (κ1) is 22.7. The number of imidazole rings is 1. The molecule has 3 rings (SSSR count). The van der Waals surface area contributed by atoms with Gasteiger partial charge in [-0.3, -0.25) is 4.57 Å². The number of ether oxygens (including phenoxy) is 1. The topological polar surface area (TPSA) is 141 Å². The van der Waals surface area contributed by atoms with Gasteiger partial charge in [0.15, 0.2) is 12.0 Å². The molecule has 2 aliphatic rings. The van der Waals surface area contributed by atoms with Crippen molar-refractivity contribution in [3.8, 4) is 0 Å². The summed E-state index contributed by atoms with van der Waals surface area (Å²) in [6.45, 7) is 4.52. The first-order chi connectivity index (χ1) is 14.5. The number of rotatable bonds is 10. The predicted octanol–water partition coefficient (Wildman–Crippen LogP) is 1.34. The Labute approximate surface area is 177 Å². The standard InChI is InChI=1S/C20H34N6O4/c1-3-5-7-8-10-25-12-23-18-14(17(25)21)24-20(22-9-6-4-2)26(18)19-16(29)15(28)13(11-27)30-19/h8,10,12-13,15-17,19,27-29H,3-7,9,11,21H2,1-2H3,(H,22,24)/t13-,15?,16?,17?,19-/m1/s1. The normalized spacial score (nSPS) is 28.5. The number of aliphatic imine (C=N–C) groups is 1. The van der Waals surface area contributed by atoms with Crippen LogP contribution in [0.2, 0.25) is 0 Å². The highest BCUT2D eigenvalue weighted by Crippen LogP contribution is 2.40. The highest BCUT2D eigenvalue weighted by atomic mass is 16.6. The lowest BCUT2D eigenvalue weighted by Crippen LogP contribution is -2.34. The molecule has 10 heteroatoms. The van der Waals surface area contributed by atoms with Crippen molar-refractivity contribution in [3.63, 3.8) is 0 Å². The Balaban J connectivity index is 1.91. The second kappa shape index (κ2) is 10.4. The van der Waals surface area contributed by atoms with Crippen molar-refractivity contribution >= 4 is 18.1 Å². The number of nitrogens with one attached hydrogen (secondary N) is 1. The molecule has 2 aliphatic heterocycles. The van der Waals surface area contributed by atoms with Gasteiger partial charge in [0.1, 0.15) is 30.2 Å². The SMILES string of the molecule is CCCCC=CN1C=Nc2c(nc(NCCCC)n2[C@@H]2O[C@H](CO)C(O)C2O)C1N. The highest BCUT2D eigenvalue weighted by molar-refractivity contribution is 5.68. The maximum absolute atomic E-state index is 10.5. The summed E-state index contributed by atoms with van der Waals surface area (Å²) in [7, 11) is 0. The molecule has 0 radical (unpaired) electrons. The summed E-state index contributed by atoms with van der Waals surface area (Å²) >= 11 is 0. The third-order valence-corrected chi connectivity index (χ3v) is 5.41. The van der Waals surface area contributed by atoms with Crippen LogP contribution in [0, 0.1) is 0 Å². The van der Waals surface area contributed by atoms with Crippen LogP contribution in [-0.4, -0.2) is 67.6 Å². The fourth-order valence-corrected chi connectivity index (χ4v) is 3.59. The van der Waals surface area contributed by atoms with Crippen molar-refractivity contribution in [1.29, 1.82) is 0 Å². The molecule has 1 aromatic heterocycles. The van der Waals surface area contributed by atoms with E-state index in [0.717, 1.165) is 32.1 Å². The van der Waals surface area contributed by atoms with Gasteiger partial charge in [0.05, 0.1) is 12.9 Å². The minimum Gasteiger partial charge on any atom is -0.394 e. The summed E-state index contributed by atoms with van der Waals surface area (Å²) in [5, 5.41) is 33.5. The highest BCUT2D eigenvalue weighted by Gasteiger charge is 2.46. The summed E-state index contributed by atoms with van der Waals surface area (Å²) in [4.78, 5) is 11.0. The van der Waals surface area contributed by atoms with Gasteiger partial charge >= 0.3 is 0 Å². The van der Waals surface area contributed by atoms with E-state index in [-0.39, 0.29) is 0 Å². The first-order valence-electron chi connectivity index (χ1n) is 10.8. The third kappa shape index (κ3) is 4.52. The maximum Gasteiger partial charge on any atom is 0.207 e. The molecule has 1 saturated heterocycles. The molecular formula is C20H34N6O4. The number of hydrogen-bond acceptors (Lipinski definition) is 9. The van der Waals surface area contributed by atoms with Crippen molar-refractivity contribution in [2.45, 2.75) is 76.7 Å². The first-order valence-corrected chi connectivity index (χ1v) is 10.8. The van der Waals surface area contributed by atoms with Crippen LogP contribution in [-0.2, 0) is 4.74 Å². The van der Waals surface area contributed by atoms with Crippen molar-refractivity contribution in [1.82, 2.24) is 14.5 Å². The molecule has 3 unspecified atom stereocenters. The molecule has 1 fully saturated rings. The van der Waals surface area contributed by atoms with E-state index in [9.17, 15) is 15.3 Å². The van der Waals surface area contributed by atoms with E-state index in [1.165, 1.54) is 0 Å². The minimum atomic E-state index is -1.23. The Bertz CT molecular complexity index is 752. The molecule has 0 aromatic carbocycles. The molecular weight excluding hydrogens is 388 g/mol. The van der Waals surface area contributed by atoms with E-state index in [0.29, 0.717) is 24.0 Å². The van der Waals surface area contributed by atoms with Crippen LogP contribution in [0.1, 0.15) is 64.0 Å². The number of fused-ring (bicyclic) bond motifs is 1. The Morgan fingerprint density at radius 1 is 1.23 bits per heavy atom. The lowest BCUT2D eigenvalue weighted by Gasteiger charge is -2.27. The fraction of sp³-hybridized carbons (Fsp3) is 0.700. The van der Waals surface area contributed by atoms with Gasteiger partial charge in [-0.15, -0.1) is 0 Å². The zero-order valence-electron chi connectivity index (χ0n) is 17.7. The van der Waals surface area contributed by atoms with E-state index in [4.69, 9.17) is 10.5 Å². The van der Waals surface area contributed by atoms with Crippen molar-refractivity contribution in [2.24, 2.45) is 10.7 Å². The summed E-state index contributed by atoms with van der Waals surface area (Å²) < 4.78 is 7.37. The van der Waals surface area contributed by atoms with Crippen LogP contribution in [0.5, 0.6) is 0 Å². The zero-order chi connectivity index (χ0) is 21.7. The molecule has 30 heavy (non-hydrogen) atoms. The van der Waals surface area contributed by atoms with E-state index in [1.807, 2.05) is 6.20 Å². The van der Waals surface area contributed by atoms with Crippen LogP contribution >= 0.6 is 0 Å². The van der Waals surface area contributed by atoms with Crippen LogP contribution < -0.4 is 11.1 Å². The molecule has 10 nitrogen and oxygen atoms in total. The number of nitrogens with zero attached hydrogens (tertiary/aromatic N) is 4. The summed E-state index contributed by atoms with van der Waals surface area (Å²) in [6, 6.07) is 0. The average molecular weight is 423 g/mol. The second-order valence-electron chi connectivity index (χ2n) is 7.69. The number of aromatic nitrogens is 2. The lowest BCUT2D eigenvalue weighted by molar-refractivity contribution is -0.0510. The molecule has 0 amide bonds. The lowest BCUT2D eigenvalue weighted by atomic mass is 10.1. The summed E-state index contributed by atoms with van der Waals surface area (Å²) in [5.41, 5.74) is 6.99. The number of hydrogen-bond donors (Lipinski definition) is 5. The quantitative estimate of drug-likeness (QED) is 0.356. The van der Waals surface area contributed by atoms with Gasteiger partial charge in [0, 0.05) is 12.7 Å². The van der Waals surface area contributed by atoms with E-state index in [1.54, 1.807) is 15.8 Å². The number of aliphatic hydroxyl groups excluding tert-OH is 3. The summed E-state index contributed by atoms with van der Waals surface area (Å²) in [5.74, 6) is 0.933. The van der Waals surface area contributed by atoms with Crippen molar-refractivity contribution in [2.75, 3.05) is 18.5 Å². The molecule has 1 aromatic rings. The molecule has 0 bridgehead atoms. The molecule has 5 atom stereocenters. The fourth-order valence-electron chi connectivity index (χ4n) is 3.59. The Morgan fingerprint density at radius 3 is 2.67 bits per heavy atom. The van der Waals surface area contributed by atoms with Gasteiger partial charge in [-0.1, -0.05) is 39.2 Å². The van der Waals surface area contributed by atoms with Gasteiger partial charge in [-0.2, -0.15) is 0 Å². The smallest absolute Gasteiger partial charge is 0.207 e. The maximum atomic E-state index is 10.5. The molecule has 0 aliphatic carbocycles. The largest absolute Gasteiger partial charge is 0.394 e. The third-order valence-electron chi connectivity index (χ3n) is 5.41. The van der Waals surface area contributed by atoms with Gasteiger partial charge in [0.2, 0.25) is 5.95 Å². The number of allylic oxidation sites excluding steroid dienone is 1. The van der Waals surface area contributed by atoms with E-state index < -0.39 is 37.3 Å². The van der Waals surface area contributed by atoms with Crippen LogP contribution in [0.25, 0.3) is 0 Å². The summed E-state index contributed by atoms with van der Waals surface area (Å²) in [6.07, 6.45) is 5.93. The van der Waals surface area contributed by atoms with Gasteiger partial charge in [-0.05, 0) is 12.8 Å². The zero-order valence-corrected chi connectivity index (χ0v) is 17.7. The molecule has 168 valence electrons. The average Bonchev–Trinajstić information content (AvgIpc) is 3.25. The van der Waals surface area contributed by atoms with Crippen molar-refractivity contribution < 1.29 is 20.1 Å². The Kier molecular flexibility index (Phi) is 7.84. The second-order valence-corrected chi connectivity index (χ2v) is 7.69. The van der Waals surface area contributed by atoms with Gasteiger partial charge < -0.3 is 36.0 Å². The Hall–Kier alpha value is -1.98. The molecule has 0 saturated carbocycles. The number of aliphatic hydroxyl groups is 3. The molecule has 6 N–H and O–H groups in total. The number of unbranched alkanes of at least 4 members (excludes halogenated alkanes) is 3. The van der Waals surface area contributed by atoms with E-state index >= 15 is 0 Å². The monoisotopic (exact) mass is 422 g/mol. The predicted molar refractivity (Wildman–Crippen MR) is 114 cm³/mol. The van der Waals surface area contributed by atoms with Gasteiger partial charge in [-0.25, -0.2) is 9.98 Å². The Morgan fingerprint density at radius 2 is 2.00 bits per heavy atom. The molecule has 0 spiro atoms. The molecule has 3 heterocycles. The number of anilines is 1. The number of nitrogens with two attached hydrogens (primary N) is 1. The van der Waals surface area contributed by atoms with E-state index in [2.05, 4.69) is 35.2 Å². The van der Waals surface area contributed by atoms with Gasteiger partial charge in [0.25, 0.3) is 0 Å². The minimum absolute atomic E-state index is 0.399.